The van der Waals surface area contributed by atoms with Crippen LogP contribution in [0.4, 0.5) is 0 Å². The van der Waals surface area contributed by atoms with Gasteiger partial charge in [-0.1, -0.05) is 44.0 Å². The first-order valence-corrected chi connectivity index (χ1v) is 8.58. The first-order valence-electron chi connectivity index (χ1n) is 8.20. The fourth-order valence-electron chi connectivity index (χ4n) is 3.52. The van der Waals surface area contributed by atoms with Gasteiger partial charge in [-0.05, 0) is 68.2 Å². The van der Waals surface area contributed by atoms with E-state index in [0.29, 0.717) is 6.04 Å². The van der Waals surface area contributed by atoms with Crippen LogP contribution in [0.1, 0.15) is 51.5 Å². The maximum Gasteiger partial charge on any atom is 0.0408 e. The van der Waals surface area contributed by atoms with E-state index < -0.39 is 0 Å². The van der Waals surface area contributed by atoms with E-state index in [2.05, 4.69) is 37.4 Å². The number of hydrogen-bond acceptors (Lipinski definition) is 1. The average Bonchev–Trinajstić information content (AvgIpc) is 2.46. The van der Waals surface area contributed by atoms with E-state index in [4.69, 9.17) is 11.6 Å². The molecule has 1 aromatic rings. The first kappa shape index (κ1) is 15.9. The zero-order valence-corrected chi connectivity index (χ0v) is 13.6. The second-order valence-electron chi connectivity index (χ2n) is 6.24. The fourth-order valence-corrected chi connectivity index (χ4v) is 3.74. The summed E-state index contributed by atoms with van der Waals surface area (Å²) in [4.78, 5) is 0. The Morgan fingerprint density at radius 3 is 2.80 bits per heavy atom. The third-order valence-corrected chi connectivity index (χ3v) is 4.95. The maximum absolute atomic E-state index is 6.12. The third-order valence-electron chi connectivity index (χ3n) is 4.71. The summed E-state index contributed by atoms with van der Waals surface area (Å²) in [5.41, 5.74) is 1.39. The quantitative estimate of drug-likeness (QED) is 0.771. The van der Waals surface area contributed by atoms with Crippen molar-refractivity contribution in [2.45, 2.75) is 58.4 Å². The summed E-state index contributed by atoms with van der Waals surface area (Å²) in [5, 5.41) is 4.63. The third kappa shape index (κ3) is 4.49. The monoisotopic (exact) mass is 293 g/mol. The molecule has 20 heavy (non-hydrogen) atoms. The summed E-state index contributed by atoms with van der Waals surface area (Å²) in [5.74, 6) is 1.68. The minimum Gasteiger partial charge on any atom is -0.314 e. The molecule has 1 aliphatic rings. The van der Waals surface area contributed by atoms with Crippen LogP contribution in [0.15, 0.2) is 24.3 Å². The van der Waals surface area contributed by atoms with Crippen molar-refractivity contribution >= 4 is 11.6 Å². The van der Waals surface area contributed by atoms with Gasteiger partial charge in [0.1, 0.15) is 0 Å². The van der Waals surface area contributed by atoms with Crippen molar-refractivity contribution in [3.05, 3.63) is 34.9 Å². The molecular weight excluding hydrogens is 266 g/mol. The van der Waals surface area contributed by atoms with Gasteiger partial charge < -0.3 is 5.32 Å². The van der Waals surface area contributed by atoms with E-state index in [0.717, 1.165) is 23.4 Å². The van der Waals surface area contributed by atoms with E-state index in [1.807, 2.05) is 6.07 Å². The van der Waals surface area contributed by atoms with Crippen LogP contribution in [0.3, 0.4) is 0 Å². The van der Waals surface area contributed by atoms with Crippen molar-refractivity contribution < 1.29 is 0 Å². The smallest absolute Gasteiger partial charge is 0.0408 e. The van der Waals surface area contributed by atoms with Crippen LogP contribution in [0, 0.1) is 11.8 Å². The SMILES string of the molecule is CCCNC1CCC(CC)CC1Cc1cccc(Cl)c1. The van der Waals surface area contributed by atoms with Gasteiger partial charge in [-0.15, -0.1) is 0 Å². The van der Waals surface area contributed by atoms with Gasteiger partial charge in [0.25, 0.3) is 0 Å². The molecule has 1 aliphatic carbocycles. The van der Waals surface area contributed by atoms with Crippen molar-refractivity contribution in [2.75, 3.05) is 6.54 Å². The van der Waals surface area contributed by atoms with E-state index in [9.17, 15) is 0 Å². The van der Waals surface area contributed by atoms with Gasteiger partial charge in [-0.25, -0.2) is 0 Å². The predicted molar refractivity (Wildman–Crippen MR) is 88.4 cm³/mol. The molecule has 0 aliphatic heterocycles. The minimum absolute atomic E-state index is 0.691. The Balaban J connectivity index is 2.02. The molecule has 1 N–H and O–H groups in total. The molecule has 112 valence electrons. The normalized spacial score (nSPS) is 26.6. The molecule has 1 saturated carbocycles. The Morgan fingerprint density at radius 2 is 2.10 bits per heavy atom. The highest BCUT2D eigenvalue weighted by Crippen LogP contribution is 2.33. The number of nitrogens with one attached hydrogen (secondary N) is 1. The van der Waals surface area contributed by atoms with Gasteiger partial charge in [-0.2, -0.15) is 0 Å². The Morgan fingerprint density at radius 1 is 1.25 bits per heavy atom. The van der Waals surface area contributed by atoms with Gasteiger partial charge in [-0.3, -0.25) is 0 Å². The highest BCUT2D eigenvalue weighted by Gasteiger charge is 2.29. The molecule has 1 aromatic carbocycles. The van der Waals surface area contributed by atoms with E-state index in [1.165, 1.54) is 44.1 Å². The zero-order valence-electron chi connectivity index (χ0n) is 12.9. The molecule has 3 unspecified atom stereocenters. The minimum atomic E-state index is 0.691. The summed E-state index contributed by atoms with van der Waals surface area (Å²) < 4.78 is 0. The molecular formula is C18H28ClN. The lowest BCUT2D eigenvalue weighted by molar-refractivity contribution is 0.198. The van der Waals surface area contributed by atoms with Crippen molar-refractivity contribution in [2.24, 2.45) is 11.8 Å². The van der Waals surface area contributed by atoms with Crippen molar-refractivity contribution in [1.82, 2.24) is 5.32 Å². The van der Waals surface area contributed by atoms with Crippen molar-refractivity contribution in [1.29, 1.82) is 0 Å². The summed E-state index contributed by atoms with van der Waals surface area (Å²) in [6, 6.07) is 9.09. The Labute approximate surface area is 129 Å². The summed E-state index contributed by atoms with van der Waals surface area (Å²) in [7, 11) is 0. The van der Waals surface area contributed by atoms with Crippen LogP contribution >= 0.6 is 11.6 Å². The van der Waals surface area contributed by atoms with Gasteiger partial charge >= 0.3 is 0 Å². The lowest BCUT2D eigenvalue weighted by Gasteiger charge is -2.37. The van der Waals surface area contributed by atoms with Crippen LogP contribution in [-0.2, 0) is 6.42 Å². The molecule has 0 radical (unpaired) electrons. The highest BCUT2D eigenvalue weighted by atomic mass is 35.5. The Bertz CT molecular complexity index is 404. The number of benzene rings is 1. The Hall–Kier alpha value is -0.530. The Kier molecular flexibility index (Phi) is 6.38. The van der Waals surface area contributed by atoms with Crippen LogP contribution in [0.25, 0.3) is 0 Å². The first-order chi connectivity index (χ1) is 9.72. The highest BCUT2D eigenvalue weighted by molar-refractivity contribution is 6.30. The van der Waals surface area contributed by atoms with Crippen molar-refractivity contribution in [3.63, 3.8) is 0 Å². The molecule has 0 heterocycles. The van der Waals surface area contributed by atoms with Gasteiger partial charge in [0.05, 0.1) is 0 Å². The molecule has 0 saturated heterocycles. The zero-order chi connectivity index (χ0) is 14.4. The lowest BCUT2D eigenvalue weighted by Crippen LogP contribution is -2.41. The summed E-state index contributed by atoms with van der Waals surface area (Å²) in [6.07, 6.45) is 7.81. The average molecular weight is 294 g/mol. The summed E-state index contributed by atoms with van der Waals surface area (Å²) in [6.45, 7) is 5.73. The van der Waals surface area contributed by atoms with E-state index in [-0.39, 0.29) is 0 Å². The molecule has 0 amide bonds. The van der Waals surface area contributed by atoms with Crippen LogP contribution in [0.2, 0.25) is 5.02 Å². The molecule has 3 atom stereocenters. The molecule has 1 nitrogen and oxygen atoms in total. The lowest BCUT2D eigenvalue weighted by atomic mass is 9.74. The number of halogens is 1. The van der Waals surface area contributed by atoms with Crippen LogP contribution in [0.5, 0.6) is 0 Å². The van der Waals surface area contributed by atoms with Gasteiger partial charge in [0.15, 0.2) is 0 Å². The van der Waals surface area contributed by atoms with Crippen molar-refractivity contribution in [3.8, 4) is 0 Å². The summed E-state index contributed by atoms with van der Waals surface area (Å²) >= 11 is 6.12. The number of rotatable bonds is 6. The second-order valence-corrected chi connectivity index (χ2v) is 6.68. The molecule has 1 fully saturated rings. The standard InChI is InChI=1S/C18H28ClN/c1-3-10-20-18-9-8-14(4-2)11-16(18)12-15-6-5-7-17(19)13-15/h5-7,13-14,16,18,20H,3-4,8-12H2,1-2H3. The predicted octanol–water partition coefficient (Wildman–Crippen LogP) is 5.08. The largest absolute Gasteiger partial charge is 0.314 e. The molecule has 0 bridgehead atoms. The molecule has 0 aromatic heterocycles. The fraction of sp³-hybridized carbons (Fsp3) is 0.667. The molecule has 0 spiro atoms. The molecule has 2 rings (SSSR count). The second kappa shape index (κ2) is 8.05. The maximum atomic E-state index is 6.12. The van der Waals surface area contributed by atoms with E-state index >= 15 is 0 Å². The van der Waals surface area contributed by atoms with Gasteiger partial charge in [0.2, 0.25) is 0 Å². The van der Waals surface area contributed by atoms with E-state index in [1.54, 1.807) is 0 Å². The van der Waals surface area contributed by atoms with Crippen LogP contribution in [-0.4, -0.2) is 12.6 Å². The molecule has 2 heteroatoms. The topological polar surface area (TPSA) is 12.0 Å². The van der Waals surface area contributed by atoms with Gasteiger partial charge in [0, 0.05) is 11.1 Å². The number of hydrogen-bond donors (Lipinski definition) is 1. The van der Waals surface area contributed by atoms with Crippen LogP contribution < -0.4 is 5.32 Å².